The molecule has 2 aromatic carbocycles. The molecule has 1 heterocycles. The highest BCUT2D eigenvalue weighted by molar-refractivity contribution is 6.04. The van der Waals surface area contributed by atoms with Crippen molar-refractivity contribution in [1.82, 2.24) is 9.78 Å². The third-order valence-electron chi connectivity index (χ3n) is 4.17. The molecular formula is C20H20N4O3. The SMILES string of the molecule is CCc1c(C(N)=O)cnn1-c1ccc(NC(=O)c2cccc(OC)c2)cc1. The minimum atomic E-state index is -0.500. The zero-order chi connectivity index (χ0) is 19.4. The highest BCUT2D eigenvalue weighted by atomic mass is 16.5. The van der Waals surface area contributed by atoms with Gasteiger partial charge in [-0.05, 0) is 48.9 Å². The lowest BCUT2D eigenvalue weighted by Gasteiger charge is -2.10. The molecule has 3 aromatic rings. The normalized spacial score (nSPS) is 10.4. The molecule has 2 amide bonds. The Kier molecular flexibility index (Phi) is 5.21. The highest BCUT2D eigenvalue weighted by Crippen LogP contribution is 2.19. The van der Waals surface area contributed by atoms with Crippen molar-refractivity contribution in [2.45, 2.75) is 13.3 Å². The summed E-state index contributed by atoms with van der Waals surface area (Å²) < 4.78 is 6.81. The topological polar surface area (TPSA) is 99.2 Å². The van der Waals surface area contributed by atoms with Crippen LogP contribution in [0.25, 0.3) is 5.69 Å². The molecular weight excluding hydrogens is 344 g/mol. The fourth-order valence-corrected chi connectivity index (χ4v) is 2.80. The summed E-state index contributed by atoms with van der Waals surface area (Å²) in [5, 5.41) is 7.09. The van der Waals surface area contributed by atoms with Crippen LogP contribution in [0.3, 0.4) is 0 Å². The summed E-state index contributed by atoms with van der Waals surface area (Å²) in [7, 11) is 1.55. The van der Waals surface area contributed by atoms with Crippen LogP contribution in [0.2, 0.25) is 0 Å². The lowest BCUT2D eigenvalue weighted by molar-refractivity contribution is 0.0996. The smallest absolute Gasteiger partial charge is 0.255 e. The van der Waals surface area contributed by atoms with Gasteiger partial charge in [0, 0.05) is 11.3 Å². The lowest BCUT2D eigenvalue weighted by atomic mass is 10.2. The first-order valence-electron chi connectivity index (χ1n) is 8.46. The van der Waals surface area contributed by atoms with E-state index in [9.17, 15) is 9.59 Å². The van der Waals surface area contributed by atoms with Crippen LogP contribution in [0.5, 0.6) is 5.75 Å². The molecule has 3 rings (SSSR count). The van der Waals surface area contributed by atoms with E-state index in [1.54, 1.807) is 48.2 Å². The third-order valence-corrected chi connectivity index (χ3v) is 4.17. The number of carbonyl (C=O) groups excluding carboxylic acids is 2. The Morgan fingerprint density at radius 3 is 2.56 bits per heavy atom. The quantitative estimate of drug-likeness (QED) is 0.702. The molecule has 0 aliphatic carbocycles. The number of rotatable bonds is 6. The Morgan fingerprint density at radius 2 is 1.93 bits per heavy atom. The van der Waals surface area contributed by atoms with Crippen LogP contribution in [-0.2, 0) is 6.42 Å². The molecule has 7 nitrogen and oxygen atoms in total. The summed E-state index contributed by atoms with van der Waals surface area (Å²) in [5.74, 6) is -0.111. The number of hydrogen-bond acceptors (Lipinski definition) is 4. The van der Waals surface area contributed by atoms with Gasteiger partial charge in [0.15, 0.2) is 0 Å². The number of amides is 2. The summed E-state index contributed by atoms with van der Waals surface area (Å²) in [6.45, 7) is 1.93. The molecule has 0 spiro atoms. The van der Waals surface area contributed by atoms with Crippen molar-refractivity contribution in [2.75, 3.05) is 12.4 Å². The monoisotopic (exact) mass is 364 g/mol. The van der Waals surface area contributed by atoms with Crippen LogP contribution in [0.4, 0.5) is 5.69 Å². The second-order valence-electron chi connectivity index (χ2n) is 5.87. The molecule has 0 aliphatic rings. The van der Waals surface area contributed by atoms with Gasteiger partial charge in [-0.2, -0.15) is 5.10 Å². The molecule has 0 atom stereocenters. The average molecular weight is 364 g/mol. The van der Waals surface area contributed by atoms with Crippen LogP contribution in [0.1, 0.15) is 33.3 Å². The summed E-state index contributed by atoms with van der Waals surface area (Å²) in [4.78, 5) is 23.9. The van der Waals surface area contributed by atoms with Gasteiger partial charge in [0.2, 0.25) is 0 Å². The summed E-state index contributed by atoms with van der Waals surface area (Å²) in [6, 6.07) is 14.1. The fourth-order valence-electron chi connectivity index (χ4n) is 2.80. The van der Waals surface area contributed by atoms with E-state index >= 15 is 0 Å². The Hall–Kier alpha value is -3.61. The lowest BCUT2D eigenvalue weighted by Crippen LogP contribution is -2.14. The number of nitrogens with one attached hydrogen (secondary N) is 1. The van der Waals surface area contributed by atoms with Gasteiger partial charge in [-0.15, -0.1) is 0 Å². The molecule has 0 fully saturated rings. The largest absolute Gasteiger partial charge is 0.497 e. The van der Waals surface area contributed by atoms with Gasteiger partial charge in [-0.1, -0.05) is 13.0 Å². The van der Waals surface area contributed by atoms with Gasteiger partial charge in [0.25, 0.3) is 11.8 Å². The van der Waals surface area contributed by atoms with E-state index in [-0.39, 0.29) is 5.91 Å². The van der Waals surface area contributed by atoms with E-state index in [4.69, 9.17) is 10.5 Å². The van der Waals surface area contributed by atoms with Crippen molar-refractivity contribution in [2.24, 2.45) is 5.73 Å². The molecule has 138 valence electrons. The van der Waals surface area contributed by atoms with Crippen molar-refractivity contribution in [3.05, 3.63) is 71.5 Å². The number of hydrogen-bond donors (Lipinski definition) is 2. The molecule has 0 bridgehead atoms. The first-order valence-corrected chi connectivity index (χ1v) is 8.46. The maximum atomic E-state index is 12.4. The minimum Gasteiger partial charge on any atom is -0.497 e. The first-order chi connectivity index (χ1) is 13.0. The zero-order valence-electron chi connectivity index (χ0n) is 15.1. The molecule has 0 radical (unpaired) electrons. The van der Waals surface area contributed by atoms with Gasteiger partial charge < -0.3 is 15.8 Å². The number of benzene rings is 2. The number of aromatic nitrogens is 2. The van der Waals surface area contributed by atoms with E-state index in [1.165, 1.54) is 6.20 Å². The Labute approximate surface area is 156 Å². The average Bonchev–Trinajstić information content (AvgIpc) is 3.13. The van der Waals surface area contributed by atoms with Gasteiger partial charge in [-0.25, -0.2) is 4.68 Å². The Morgan fingerprint density at radius 1 is 1.19 bits per heavy atom. The second kappa shape index (κ2) is 7.74. The van der Waals surface area contributed by atoms with Crippen LogP contribution >= 0.6 is 0 Å². The van der Waals surface area contributed by atoms with Crippen molar-refractivity contribution < 1.29 is 14.3 Å². The van der Waals surface area contributed by atoms with Crippen molar-refractivity contribution >= 4 is 17.5 Å². The van der Waals surface area contributed by atoms with Crippen LogP contribution < -0.4 is 15.8 Å². The van der Waals surface area contributed by atoms with Gasteiger partial charge in [0.05, 0.1) is 30.3 Å². The third kappa shape index (κ3) is 3.82. The first kappa shape index (κ1) is 18.2. The van der Waals surface area contributed by atoms with E-state index in [0.29, 0.717) is 29.0 Å². The fraction of sp³-hybridized carbons (Fsp3) is 0.150. The molecule has 27 heavy (non-hydrogen) atoms. The summed E-state index contributed by atoms with van der Waals surface area (Å²) >= 11 is 0. The Bertz CT molecular complexity index is 977. The van der Waals surface area contributed by atoms with Crippen LogP contribution in [0, 0.1) is 0 Å². The number of nitrogens with two attached hydrogens (primary N) is 1. The van der Waals surface area contributed by atoms with E-state index in [2.05, 4.69) is 10.4 Å². The number of anilines is 1. The minimum absolute atomic E-state index is 0.231. The number of methoxy groups -OCH3 is 1. The van der Waals surface area contributed by atoms with Gasteiger partial charge in [-0.3, -0.25) is 9.59 Å². The zero-order valence-corrected chi connectivity index (χ0v) is 15.1. The number of carbonyl (C=O) groups is 2. The van der Waals surface area contributed by atoms with Gasteiger partial charge >= 0.3 is 0 Å². The maximum absolute atomic E-state index is 12.4. The van der Waals surface area contributed by atoms with Crippen molar-refractivity contribution in [3.8, 4) is 11.4 Å². The van der Waals surface area contributed by atoms with Gasteiger partial charge in [0.1, 0.15) is 5.75 Å². The van der Waals surface area contributed by atoms with Crippen LogP contribution in [0.15, 0.2) is 54.7 Å². The molecule has 1 aromatic heterocycles. The van der Waals surface area contributed by atoms with E-state index in [0.717, 1.165) is 11.4 Å². The molecule has 0 saturated carbocycles. The highest BCUT2D eigenvalue weighted by Gasteiger charge is 2.15. The molecule has 0 aliphatic heterocycles. The molecule has 3 N–H and O–H groups in total. The van der Waals surface area contributed by atoms with E-state index < -0.39 is 5.91 Å². The Balaban J connectivity index is 1.80. The van der Waals surface area contributed by atoms with Crippen molar-refractivity contribution in [1.29, 1.82) is 0 Å². The van der Waals surface area contributed by atoms with Crippen LogP contribution in [-0.4, -0.2) is 28.7 Å². The number of nitrogens with zero attached hydrogens (tertiary/aromatic N) is 2. The number of primary amides is 1. The van der Waals surface area contributed by atoms with Crippen molar-refractivity contribution in [3.63, 3.8) is 0 Å². The number of ether oxygens (including phenoxy) is 1. The predicted octanol–water partition coefficient (Wildman–Crippen LogP) is 2.79. The summed E-state index contributed by atoms with van der Waals surface area (Å²) in [6.07, 6.45) is 2.09. The predicted molar refractivity (Wildman–Crippen MR) is 102 cm³/mol. The molecule has 0 unspecified atom stereocenters. The molecule has 7 heteroatoms. The standard InChI is InChI=1S/C20H20N4O3/c1-3-18-17(19(21)25)12-22-24(18)15-9-7-14(8-10-15)23-20(26)13-5-4-6-16(11-13)27-2/h4-12H,3H2,1-2H3,(H2,21,25)(H,23,26). The van der Waals surface area contributed by atoms with E-state index in [1.807, 2.05) is 19.1 Å². The molecule has 0 saturated heterocycles. The maximum Gasteiger partial charge on any atom is 0.255 e. The second-order valence-corrected chi connectivity index (χ2v) is 5.87. The summed E-state index contributed by atoms with van der Waals surface area (Å²) in [5.41, 5.74) is 8.47.